The monoisotopic (exact) mass is 243 g/mol. The summed E-state index contributed by atoms with van der Waals surface area (Å²) in [6.07, 6.45) is 0.413. The maximum Gasteiger partial charge on any atom is 0.264 e. The normalized spacial score (nSPS) is 13.6. The standard InChI is InChI=1S/C11H17NO3S/c1-10(11-6-3-2-4-7-11)12-8-5-9-16(13,14)15/h2-4,6-7,10,12H,5,8-9H2,1H3,(H,13,14,15)/t10-/m1/s1. The van der Waals surface area contributed by atoms with Gasteiger partial charge in [-0.2, -0.15) is 8.42 Å². The fourth-order valence-electron chi connectivity index (χ4n) is 1.43. The van der Waals surface area contributed by atoms with Crippen LogP contribution < -0.4 is 5.32 Å². The van der Waals surface area contributed by atoms with Crippen molar-refractivity contribution in [2.24, 2.45) is 0 Å². The van der Waals surface area contributed by atoms with Gasteiger partial charge < -0.3 is 5.32 Å². The fraction of sp³-hybridized carbons (Fsp3) is 0.455. The highest BCUT2D eigenvalue weighted by atomic mass is 32.2. The molecule has 0 amide bonds. The zero-order chi connectivity index (χ0) is 12.0. The molecule has 1 rings (SSSR count). The molecule has 4 nitrogen and oxygen atoms in total. The van der Waals surface area contributed by atoms with Crippen molar-refractivity contribution in [2.75, 3.05) is 12.3 Å². The van der Waals surface area contributed by atoms with E-state index in [4.69, 9.17) is 4.55 Å². The molecular formula is C11H17NO3S. The molecule has 2 N–H and O–H groups in total. The van der Waals surface area contributed by atoms with Gasteiger partial charge in [-0.3, -0.25) is 4.55 Å². The van der Waals surface area contributed by atoms with Gasteiger partial charge in [-0.1, -0.05) is 30.3 Å². The molecule has 0 bridgehead atoms. The van der Waals surface area contributed by atoms with E-state index in [2.05, 4.69) is 5.32 Å². The Kier molecular flexibility index (Phi) is 4.92. The van der Waals surface area contributed by atoms with E-state index >= 15 is 0 Å². The lowest BCUT2D eigenvalue weighted by atomic mass is 10.1. The third kappa shape index (κ3) is 5.25. The third-order valence-corrected chi connectivity index (χ3v) is 3.13. The Labute approximate surface area is 96.4 Å². The zero-order valence-electron chi connectivity index (χ0n) is 9.26. The molecule has 0 heterocycles. The van der Waals surface area contributed by atoms with Crippen molar-refractivity contribution >= 4 is 10.1 Å². The third-order valence-electron chi connectivity index (χ3n) is 2.33. The van der Waals surface area contributed by atoms with Crippen LogP contribution in [0.5, 0.6) is 0 Å². The molecule has 1 aromatic carbocycles. The molecule has 1 atom stereocenters. The lowest BCUT2D eigenvalue weighted by Crippen LogP contribution is -2.21. The van der Waals surface area contributed by atoms with E-state index in [9.17, 15) is 8.42 Å². The highest BCUT2D eigenvalue weighted by Crippen LogP contribution is 2.10. The second-order valence-corrected chi connectivity index (χ2v) is 5.30. The molecule has 16 heavy (non-hydrogen) atoms. The topological polar surface area (TPSA) is 66.4 Å². The van der Waals surface area contributed by atoms with Gasteiger partial charge in [-0.15, -0.1) is 0 Å². The Bertz CT molecular complexity index is 402. The molecule has 0 aliphatic rings. The molecule has 0 saturated heterocycles. The quantitative estimate of drug-likeness (QED) is 0.588. The van der Waals surface area contributed by atoms with Crippen molar-refractivity contribution in [3.8, 4) is 0 Å². The zero-order valence-corrected chi connectivity index (χ0v) is 10.1. The predicted octanol–water partition coefficient (Wildman–Crippen LogP) is 1.62. The summed E-state index contributed by atoms with van der Waals surface area (Å²) in [6.45, 7) is 2.58. The van der Waals surface area contributed by atoms with Crippen LogP contribution in [0.4, 0.5) is 0 Å². The maximum atomic E-state index is 10.5. The second-order valence-electron chi connectivity index (χ2n) is 3.73. The van der Waals surface area contributed by atoms with Crippen molar-refractivity contribution in [1.29, 1.82) is 0 Å². The Balaban J connectivity index is 2.29. The van der Waals surface area contributed by atoms with E-state index in [0.29, 0.717) is 13.0 Å². The lowest BCUT2D eigenvalue weighted by Gasteiger charge is -2.13. The van der Waals surface area contributed by atoms with Gasteiger partial charge in [0, 0.05) is 6.04 Å². The van der Waals surface area contributed by atoms with E-state index in [0.717, 1.165) is 5.56 Å². The average Bonchev–Trinajstić information content (AvgIpc) is 2.24. The summed E-state index contributed by atoms with van der Waals surface area (Å²) in [6, 6.07) is 10.1. The molecule has 0 aliphatic carbocycles. The van der Waals surface area contributed by atoms with Crippen LogP contribution in [0.2, 0.25) is 0 Å². The molecule has 5 heteroatoms. The second kappa shape index (κ2) is 5.98. The highest BCUT2D eigenvalue weighted by molar-refractivity contribution is 7.85. The number of rotatable bonds is 6. The van der Waals surface area contributed by atoms with Gasteiger partial charge in [-0.05, 0) is 25.5 Å². The van der Waals surface area contributed by atoms with E-state index in [1.807, 2.05) is 37.3 Å². The summed E-state index contributed by atoms with van der Waals surface area (Å²) in [4.78, 5) is 0. The van der Waals surface area contributed by atoms with Crippen molar-refractivity contribution in [3.05, 3.63) is 35.9 Å². The Morgan fingerprint density at radius 3 is 2.50 bits per heavy atom. The van der Waals surface area contributed by atoms with Crippen LogP contribution in [-0.4, -0.2) is 25.3 Å². The van der Waals surface area contributed by atoms with E-state index in [-0.39, 0.29) is 11.8 Å². The summed E-state index contributed by atoms with van der Waals surface area (Å²) in [5, 5.41) is 3.20. The number of hydrogen-bond donors (Lipinski definition) is 2. The number of benzene rings is 1. The summed E-state index contributed by atoms with van der Waals surface area (Å²) < 4.78 is 29.5. The van der Waals surface area contributed by atoms with Crippen molar-refractivity contribution < 1.29 is 13.0 Å². The molecule has 0 aromatic heterocycles. The van der Waals surface area contributed by atoms with E-state index in [1.165, 1.54) is 0 Å². The first-order valence-electron chi connectivity index (χ1n) is 5.22. The average molecular weight is 243 g/mol. The molecule has 0 spiro atoms. The summed E-state index contributed by atoms with van der Waals surface area (Å²) in [5.74, 6) is -0.193. The van der Waals surface area contributed by atoms with E-state index < -0.39 is 10.1 Å². The van der Waals surface area contributed by atoms with Crippen LogP contribution in [0.3, 0.4) is 0 Å². The minimum absolute atomic E-state index is 0.183. The van der Waals surface area contributed by atoms with Crippen LogP contribution in [-0.2, 0) is 10.1 Å². The van der Waals surface area contributed by atoms with Gasteiger partial charge in [0.2, 0.25) is 0 Å². The van der Waals surface area contributed by atoms with E-state index in [1.54, 1.807) is 0 Å². The Hall–Kier alpha value is -0.910. The molecule has 0 fully saturated rings. The van der Waals surface area contributed by atoms with Crippen molar-refractivity contribution in [3.63, 3.8) is 0 Å². The van der Waals surface area contributed by atoms with Crippen LogP contribution in [0.1, 0.15) is 24.9 Å². The van der Waals surface area contributed by atoms with Crippen LogP contribution >= 0.6 is 0 Å². The fourth-order valence-corrected chi connectivity index (χ4v) is 1.94. The molecule has 0 unspecified atom stereocenters. The first-order chi connectivity index (χ1) is 7.49. The lowest BCUT2D eigenvalue weighted by molar-refractivity contribution is 0.477. The van der Waals surface area contributed by atoms with Crippen LogP contribution in [0, 0.1) is 0 Å². The molecule has 0 saturated carbocycles. The first-order valence-corrected chi connectivity index (χ1v) is 6.83. The van der Waals surface area contributed by atoms with Gasteiger partial charge in [0.05, 0.1) is 5.75 Å². The molecule has 90 valence electrons. The van der Waals surface area contributed by atoms with Crippen LogP contribution in [0.15, 0.2) is 30.3 Å². The largest absolute Gasteiger partial charge is 0.310 e. The summed E-state index contributed by atoms with van der Waals surface area (Å²) in [7, 11) is -3.83. The SMILES string of the molecule is C[C@@H](NCCCS(=O)(=O)O)c1ccccc1. The maximum absolute atomic E-state index is 10.5. The van der Waals surface area contributed by atoms with Crippen LogP contribution in [0.25, 0.3) is 0 Å². The Morgan fingerprint density at radius 2 is 1.94 bits per heavy atom. The summed E-state index contributed by atoms with van der Waals surface area (Å²) >= 11 is 0. The predicted molar refractivity (Wildman–Crippen MR) is 63.9 cm³/mol. The highest BCUT2D eigenvalue weighted by Gasteiger charge is 2.06. The van der Waals surface area contributed by atoms with Gasteiger partial charge in [-0.25, -0.2) is 0 Å². The van der Waals surface area contributed by atoms with Gasteiger partial charge in [0.25, 0.3) is 10.1 Å². The first kappa shape index (κ1) is 13.2. The smallest absolute Gasteiger partial charge is 0.264 e. The van der Waals surface area contributed by atoms with Gasteiger partial charge >= 0.3 is 0 Å². The number of hydrogen-bond acceptors (Lipinski definition) is 3. The van der Waals surface area contributed by atoms with Gasteiger partial charge in [0.1, 0.15) is 0 Å². The molecular weight excluding hydrogens is 226 g/mol. The minimum Gasteiger partial charge on any atom is -0.310 e. The molecule has 0 aliphatic heterocycles. The van der Waals surface area contributed by atoms with Crippen molar-refractivity contribution in [1.82, 2.24) is 5.32 Å². The number of nitrogens with one attached hydrogen (secondary N) is 1. The molecule has 1 aromatic rings. The van der Waals surface area contributed by atoms with Crippen molar-refractivity contribution in [2.45, 2.75) is 19.4 Å². The molecule has 0 radical (unpaired) electrons. The van der Waals surface area contributed by atoms with Gasteiger partial charge in [0.15, 0.2) is 0 Å². The Morgan fingerprint density at radius 1 is 1.31 bits per heavy atom. The summed E-state index contributed by atoms with van der Waals surface area (Å²) in [5.41, 5.74) is 1.16. The minimum atomic E-state index is -3.83.